The van der Waals surface area contributed by atoms with E-state index >= 15 is 0 Å². The second kappa shape index (κ2) is 39.6. The average Bonchev–Trinajstić information content (AvgIpc) is 3.22. The lowest BCUT2D eigenvalue weighted by atomic mass is 10.1. The fourth-order valence-corrected chi connectivity index (χ4v) is 6.60. The van der Waals surface area contributed by atoms with Gasteiger partial charge in [-0.25, -0.2) is 9.13 Å². The highest BCUT2D eigenvalue weighted by Gasteiger charge is 2.28. The summed E-state index contributed by atoms with van der Waals surface area (Å²) in [4.78, 5) is 43.5. The zero-order valence-electron chi connectivity index (χ0n) is 36.1. The molecule has 0 saturated heterocycles. The van der Waals surface area contributed by atoms with Crippen LogP contribution < -0.4 is 0 Å². The van der Waals surface area contributed by atoms with Crippen LogP contribution in [0.2, 0.25) is 0 Å². The summed E-state index contributed by atoms with van der Waals surface area (Å²) < 4.78 is 52.7. The lowest BCUT2D eigenvalue weighted by Gasteiger charge is -2.19. The van der Waals surface area contributed by atoms with Crippen LogP contribution in [0.1, 0.15) is 142 Å². The van der Waals surface area contributed by atoms with Gasteiger partial charge in [-0.05, 0) is 70.6 Å². The molecule has 0 heterocycles. The maximum absolute atomic E-state index is 12.1. The smallest absolute Gasteiger partial charge is 0.463 e. The van der Waals surface area contributed by atoms with Crippen LogP contribution in [0.4, 0.5) is 0 Å². The topological polar surface area (TPSA) is 225 Å². The number of aliphatic hydroxyl groups excluding tert-OH is 3. The Morgan fingerprint density at radius 3 is 1.20 bits per heavy atom. The second-order valence-corrected chi connectivity index (χ2v) is 17.3. The summed E-state index contributed by atoms with van der Waals surface area (Å²) in [6.07, 6.45) is 35.2. The number of allylic oxidation sites excluding steroid dienone is 10. The van der Waals surface area contributed by atoms with E-state index in [0.717, 1.165) is 64.2 Å². The lowest BCUT2D eigenvalue weighted by molar-refractivity contribution is -0.148. The number of ether oxygens (including phenoxy) is 2. The largest absolute Gasteiger partial charge is 0.472 e. The maximum Gasteiger partial charge on any atom is 0.472 e. The first-order valence-electron chi connectivity index (χ1n) is 21.6. The predicted octanol–water partition coefficient (Wildman–Crippen LogP) is 9.05. The van der Waals surface area contributed by atoms with E-state index in [0.29, 0.717) is 19.3 Å². The van der Waals surface area contributed by atoms with Gasteiger partial charge in [0.15, 0.2) is 0 Å². The lowest BCUT2D eigenvalue weighted by Crippen LogP contribution is -2.25. The van der Waals surface area contributed by atoms with E-state index in [-0.39, 0.29) is 12.8 Å². The van der Waals surface area contributed by atoms with Gasteiger partial charge in [0.2, 0.25) is 0 Å². The molecule has 0 bridgehead atoms. The molecular weight excluding hydrogens is 818 g/mol. The minimum absolute atomic E-state index is 0.118. The Morgan fingerprint density at radius 2 is 0.750 bits per heavy atom. The van der Waals surface area contributed by atoms with Gasteiger partial charge in [-0.2, -0.15) is 0 Å². The second-order valence-electron chi connectivity index (χ2n) is 14.3. The third kappa shape index (κ3) is 41.1. The molecule has 0 aliphatic carbocycles. The fraction of sp³-hybridized carbons (Fsp3) is 0.721. The molecule has 60 heavy (non-hydrogen) atoms. The molecule has 0 radical (unpaired) electrons. The van der Waals surface area contributed by atoms with Gasteiger partial charge in [0.05, 0.1) is 26.4 Å². The van der Waals surface area contributed by atoms with Crippen molar-refractivity contribution >= 4 is 27.6 Å². The van der Waals surface area contributed by atoms with E-state index in [1.807, 2.05) is 12.2 Å². The van der Waals surface area contributed by atoms with Crippen molar-refractivity contribution in [3.63, 3.8) is 0 Å². The number of rotatable bonds is 41. The van der Waals surface area contributed by atoms with Crippen molar-refractivity contribution in [1.82, 2.24) is 0 Å². The van der Waals surface area contributed by atoms with Gasteiger partial charge < -0.3 is 34.6 Å². The Morgan fingerprint density at radius 1 is 0.433 bits per heavy atom. The molecule has 0 spiro atoms. The Kier molecular flexibility index (Phi) is 38.1. The number of hydrogen-bond donors (Lipinski definition) is 5. The van der Waals surface area contributed by atoms with Crippen molar-refractivity contribution in [2.75, 3.05) is 39.6 Å². The molecule has 0 aromatic rings. The number of phosphoric acid groups is 2. The molecule has 348 valence electrons. The van der Waals surface area contributed by atoms with Crippen molar-refractivity contribution in [1.29, 1.82) is 0 Å². The number of aliphatic hydroxyl groups is 3. The number of carbonyl (C=O) groups is 2. The summed E-state index contributed by atoms with van der Waals surface area (Å²) in [6.45, 7) is 0.240. The maximum atomic E-state index is 12.1. The zero-order valence-corrected chi connectivity index (χ0v) is 37.9. The SMILES string of the molecule is CCCC/C=C\CCCCCCCC(=O)OCC(O)COP(=O)(O)OCC(O)COP(=O)(O)OCC(O)COC(=O)CCC/C=C\C/C=C\C/C=C\C/C=C\CCCCC. The molecule has 0 saturated carbocycles. The van der Waals surface area contributed by atoms with Crippen molar-refractivity contribution in [3.05, 3.63) is 60.8 Å². The van der Waals surface area contributed by atoms with E-state index in [9.17, 15) is 43.8 Å². The van der Waals surface area contributed by atoms with Crippen LogP contribution in [0, 0.1) is 0 Å². The molecule has 0 rings (SSSR count). The molecule has 0 fully saturated rings. The summed E-state index contributed by atoms with van der Waals surface area (Å²) in [7, 11) is -9.58. The molecule has 5 unspecified atom stereocenters. The molecular formula is C43H76O15P2. The zero-order chi connectivity index (χ0) is 44.6. The van der Waals surface area contributed by atoms with E-state index < -0.39 is 85.5 Å². The van der Waals surface area contributed by atoms with Crippen molar-refractivity contribution < 1.29 is 71.4 Å². The van der Waals surface area contributed by atoms with Crippen molar-refractivity contribution in [2.24, 2.45) is 0 Å². The van der Waals surface area contributed by atoms with Gasteiger partial charge in [0.1, 0.15) is 31.5 Å². The predicted molar refractivity (Wildman–Crippen MR) is 233 cm³/mol. The number of carbonyl (C=O) groups excluding carboxylic acids is 2. The monoisotopic (exact) mass is 894 g/mol. The molecule has 0 aromatic heterocycles. The Balaban J connectivity index is 4.00. The molecule has 5 N–H and O–H groups in total. The molecule has 0 aromatic carbocycles. The Bertz CT molecular complexity index is 1320. The van der Waals surface area contributed by atoms with Crippen LogP contribution in [0.3, 0.4) is 0 Å². The summed E-state index contributed by atoms with van der Waals surface area (Å²) in [5, 5.41) is 29.9. The van der Waals surface area contributed by atoms with Crippen molar-refractivity contribution in [2.45, 2.75) is 161 Å². The molecule has 15 nitrogen and oxygen atoms in total. The van der Waals surface area contributed by atoms with E-state index in [2.05, 4.69) is 80.6 Å². The van der Waals surface area contributed by atoms with Crippen LogP contribution in [0.5, 0.6) is 0 Å². The first-order valence-corrected chi connectivity index (χ1v) is 24.6. The number of unbranched alkanes of at least 4 members (excludes halogenated alkanes) is 11. The summed E-state index contributed by atoms with van der Waals surface area (Å²) in [5.41, 5.74) is 0. The summed E-state index contributed by atoms with van der Waals surface area (Å²) in [6, 6.07) is 0. The Labute approximate surface area is 359 Å². The third-order valence-electron chi connectivity index (χ3n) is 8.45. The van der Waals surface area contributed by atoms with E-state index in [1.165, 1.54) is 32.1 Å². The van der Waals surface area contributed by atoms with Crippen LogP contribution in [-0.4, -0.2) is 95.0 Å². The normalized spacial score (nSPS) is 15.9. The van der Waals surface area contributed by atoms with Gasteiger partial charge >= 0.3 is 27.6 Å². The third-order valence-corrected chi connectivity index (χ3v) is 10.3. The minimum atomic E-state index is -4.80. The highest BCUT2D eigenvalue weighted by molar-refractivity contribution is 7.47. The number of hydrogen-bond acceptors (Lipinski definition) is 13. The standard InChI is InChI=1S/C43H76O15P2/c1-3-5-7-9-11-13-15-16-17-18-19-20-22-24-26-28-30-32-43(48)54-34-40(45)36-56-60(51,52)58-38-41(46)37-57-59(49,50)55-35-39(44)33-53-42(47)31-29-27-25-23-21-14-12-10-8-6-4-2/h10-13,16-17,19-20,24,26,39-41,44-46H,3-9,14-15,18,21-23,25,27-38H2,1-2H3,(H,49,50)(H,51,52)/b12-10-,13-11-,17-16-,20-19-,26-24-. The van der Waals surface area contributed by atoms with Gasteiger partial charge in [0.25, 0.3) is 0 Å². The van der Waals surface area contributed by atoms with E-state index in [1.54, 1.807) is 0 Å². The van der Waals surface area contributed by atoms with Crippen molar-refractivity contribution in [3.8, 4) is 0 Å². The van der Waals surface area contributed by atoms with Gasteiger partial charge in [0, 0.05) is 12.8 Å². The number of esters is 2. The Hall–Kier alpha value is -2.26. The van der Waals surface area contributed by atoms with Gasteiger partial charge in [-0.15, -0.1) is 0 Å². The van der Waals surface area contributed by atoms with Crippen LogP contribution in [0.15, 0.2) is 60.8 Å². The summed E-state index contributed by atoms with van der Waals surface area (Å²) >= 11 is 0. The first kappa shape index (κ1) is 57.7. The van der Waals surface area contributed by atoms with Gasteiger partial charge in [-0.1, -0.05) is 120 Å². The molecule has 0 aliphatic heterocycles. The van der Waals surface area contributed by atoms with Crippen LogP contribution >= 0.6 is 15.6 Å². The fourth-order valence-electron chi connectivity index (χ4n) is 5.01. The van der Waals surface area contributed by atoms with Gasteiger partial charge in [-0.3, -0.25) is 27.7 Å². The minimum Gasteiger partial charge on any atom is -0.463 e. The molecule has 0 amide bonds. The molecule has 17 heteroatoms. The highest BCUT2D eigenvalue weighted by Crippen LogP contribution is 2.45. The highest BCUT2D eigenvalue weighted by atomic mass is 31.2. The molecule has 0 aliphatic rings. The van der Waals surface area contributed by atoms with Crippen LogP contribution in [0.25, 0.3) is 0 Å². The summed E-state index contributed by atoms with van der Waals surface area (Å²) in [5.74, 6) is -1.06. The quantitative estimate of drug-likeness (QED) is 0.0167. The number of phosphoric ester groups is 2. The average molecular weight is 895 g/mol. The van der Waals surface area contributed by atoms with E-state index in [4.69, 9.17) is 9.47 Å². The molecule has 5 atom stereocenters. The van der Waals surface area contributed by atoms with Crippen LogP contribution in [-0.2, 0) is 46.3 Å². The first-order chi connectivity index (χ1) is 28.8.